The Balaban J connectivity index is 0.000000489. The first-order chi connectivity index (χ1) is 17.2. The van der Waals surface area contributed by atoms with Gasteiger partial charge in [-0.15, -0.1) is 10.2 Å². The van der Waals surface area contributed by atoms with E-state index in [0.717, 1.165) is 83.2 Å². The topological polar surface area (TPSA) is 165 Å². The molecular formula is C26H23ClN2O7. The maximum absolute atomic E-state index is 12.1. The highest BCUT2D eigenvalue weighted by molar-refractivity contribution is 5.98. The number of hydrogen-bond donors (Lipinski definition) is 3. The molecule has 3 heterocycles. The monoisotopic (exact) mass is 510 g/mol. The molecule has 0 radical (unpaired) electrons. The molecule has 36 heavy (non-hydrogen) atoms. The summed E-state index contributed by atoms with van der Waals surface area (Å²) in [5, 5.41) is 15.5. The van der Waals surface area contributed by atoms with E-state index in [1.54, 1.807) is 12.1 Å². The Bertz CT molecular complexity index is 1470. The van der Waals surface area contributed by atoms with Crippen molar-refractivity contribution in [3.05, 3.63) is 86.9 Å². The number of halogens is 1. The van der Waals surface area contributed by atoms with Crippen LogP contribution in [0, 0.1) is 10.2 Å². The largest absolute Gasteiger partial charge is 0.478 e. The van der Waals surface area contributed by atoms with E-state index in [2.05, 4.69) is 34.6 Å². The van der Waals surface area contributed by atoms with Crippen LogP contribution in [0.4, 0.5) is 5.69 Å². The van der Waals surface area contributed by atoms with E-state index in [1.165, 1.54) is 11.1 Å². The van der Waals surface area contributed by atoms with Crippen molar-refractivity contribution in [3.63, 3.8) is 0 Å². The van der Waals surface area contributed by atoms with Crippen LogP contribution >= 0.6 is 0 Å². The van der Waals surface area contributed by atoms with Gasteiger partial charge in [-0.05, 0) is 48.6 Å². The summed E-state index contributed by atoms with van der Waals surface area (Å²) in [6.45, 7) is 1.91. The SMILES string of the molecule is O=C(O)c1ccccc1C1=c2cc3c(cc2Oc2cc4c(cc21)CCCN4)=[NH+]CCC3.[O-][Cl+3]([O-])([O-])[O-]. The number of fused-ring (bicyclic) bond motifs is 4. The van der Waals surface area contributed by atoms with Crippen LogP contribution < -0.4 is 44.3 Å². The van der Waals surface area contributed by atoms with Gasteiger partial charge < -0.3 is 15.2 Å². The molecule has 0 amide bonds. The lowest BCUT2D eigenvalue weighted by Crippen LogP contribution is -2.79. The van der Waals surface area contributed by atoms with Gasteiger partial charge in [-0.3, -0.25) is 0 Å². The van der Waals surface area contributed by atoms with Gasteiger partial charge in [-0.25, -0.2) is 28.4 Å². The molecule has 0 fully saturated rings. The second-order valence-electron chi connectivity index (χ2n) is 8.78. The lowest BCUT2D eigenvalue weighted by Gasteiger charge is -2.26. The van der Waals surface area contributed by atoms with Gasteiger partial charge in [-0.1, -0.05) is 18.2 Å². The van der Waals surface area contributed by atoms with Gasteiger partial charge >= 0.3 is 5.97 Å². The number of anilines is 1. The Hall–Kier alpha value is -3.47. The minimum atomic E-state index is -4.94. The van der Waals surface area contributed by atoms with Crippen LogP contribution in [-0.2, 0) is 12.8 Å². The van der Waals surface area contributed by atoms with Crippen molar-refractivity contribution in [2.24, 2.45) is 0 Å². The zero-order chi connectivity index (χ0) is 25.4. The van der Waals surface area contributed by atoms with Crippen molar-refractivity contribution >= 4 is 17.2 Å². The van der Waals surface area contributed by atoms with Crippen LogP contribution in [0.3, 0.4) is 0 Å². The van der Waals surface area contributed by atoms with Crippen molar-refractivity contribution in [1.29, 1.82) is 0 Å². The van der Waals surface area contributed by atoms with Crippen molar-refractivity contribution in [2.75, 3.05) is 18.4 Å². The zero-order valence-corrected chi connectivity index (χ0v) is 19.9. The smallest absolute Gasteiger partial charge is 0.336 e. The van der Waals surface area contributed by atoms with Crippen molar-refractivity contribution in [3.8, 4) is 11.5 Å². The van der Waals surface area contributed by atoms with Crippen LogP contribution in [0.15, 0.2) is 48.5 Å². The van der Waals surface area contributed by atoms with Gasteiger partial charge in [0, 0.05) is 46.6 Å². The summed E-state index contributed by atoms with van der Waals surface area (Å²) in [4.78, 5) is 15.6. The van der Waals surface area contributed by atoms with Gasteiger partial charge in [0.05, 0.1) is 11.6 Å². The quantitative estimate of drug-likeness (QED) is 0.256. The predicted molar refractivity (Wildman–Crippen MR) is 117 cm³/mol. The summed E-state index contributed by atoms with van der Waals surface area (Å²) in [7, 11) is -4.94. The molecule has 0 aliphatic carbocycles. The molecule has 0 unspecified atom stereocenters. The molecular weight excluding hydrogens is 488 g/mol. The van der Waals surface area contributed by atoms with Crippen LogP contribution in [0.2, 0.25) is 0 Å². The molecule has 3 N–H and O–H groups in total. The van der Waals surface area contributed by atoms with Crippen molar-refractivity contribution in [1.82, 2.24) is 0 Å². The minimum absolute atomic E-state index is 0.308. The minimum Gasteiger partial charge on any atom is -0.478 e. The van der Waals surface area contributed by atoms with Gasteiger partial charge in [0.15, 0.2) is 0 Å². The number of carboxylic acid groups (broad SMARTS) is 1. The molecule has 0 saturated heterocycles. The second-order valence-corrected chi connectivity index (χ2v) is 9.53. The number of carbonyl (C=O) groups is 1. The summed E-state index contributed by atoms with van der Waals surface area (Å²) < 4.78 is 40.4. The Morgan fingerprint density at radius 1 is 0.944 bits per heavy atom. The zero-order valence-electron chi connectivity index (χ0n) is 19.1. The average molecular weight is 511 g/mol. The number of ether oxygens (including phenoxy) is 1. The van der Waals surface area contributed by atoms with Gasteiger partial charge in [-0.2, -0.15) is 0 Å². The first-order valence-corrected chi connectivity index (χ1v) is 12.7. The third-order valence-corrected chi connectivity index (χ3v) is 6.47. The first kappa shape index (κ1) is 24.2. The molecule has 0 saturated carbocycles. The van der Waals surface area contributed by atoms with Gasteiger partial charge in [0.1, 0.15) is 18.0 Å². The summed E-state index contributed by atoms with van der Waals surface area (Å²) in [5.74, 6) is 0.621. The van der Waals surface area contributed by atoms with E-state index >= 15 is 0 Å². The summed E-state index contributed by atoms with van der Waals surface area (Å²) >= 11 is 0. The highest BCUT2D eigenvalue weighted by Gasteiger charge is 2.27. The molecule has 10 heteroatoms. The molecule has 3 aromatic rings. The van der Waals surface area contributed by atoms with Crippen molar-refractivity contribution < 1.29 is 48.5 Å². The Morgan fingerprint density at radius 3 is 2.47 bits per heavy atom. The van der Waals surface area contributed by atoms with E-state index in [1.807, 2.05) is 12.1 Å². The van der Waals surface area contributed by atoms with E-state index < -0.39 is 16.2 Å². The lowest BCUT2D eigenvalue weighted by atomic mass is 9.87. The van der Waals surface area contributed by atoms with E-state index in [4.69, 9.17) is 23.4 Å². The maximum atomic E-state index is 12.1. The van der Waals surface area contributed by atoms with E-state index in [-0.39, 0.29) is 0 Å². The number of benzene rings is 3. The standard InChI is InChI=1S/C26H22N2O3.ClHO4/c29-26(30)18-8-2-1-7-17(18)25-19-11-15-5-3-9-27-21(15)13-23(19)31-24-14-22-16(12-20(24)25)6-4-10-28-22;2-1(3,4)5/h1-2,7-8,11-14,27H,3-6,9-10H2,(H,29,30);(H,2,3,4,5). The third-order valence-electron chi connectivity index (χ3n) is 6.47. The fraction of sp³-hybridized carbons (Fsp3) is 0.231. The predicted octanol–water partition coefficient (Wildman–Crippen LogP) is -3.01. The number of nitrogens with one attached hydrogen (secondary N) is 2. The summed E-state index contributed by atoms with van der Waals surface area (Å²) in [6.07, 6.45) is 4.18. The number of aromatic carboxylic acids is 1. The Labute approximate surface area is 208 Å². The van der Waals surface area contributed by atoms with Crippen LogP contribution in [0.1, 0.15) is 45.5 Å². The molecule has 0 bridgehead atoms. The molecule has 3 aliphatic heterocycles. The normalized spacial score (nSPS) is 15.4. The fourth-order valence-electron chi connectivity index (χ4n) is 5.00. The van der Waals surface area contributed by atoms with Crippen LogP contribution in [0.5, 0.6) is 11.5 Å². The van der Waals surface area contributed by atoms with Gasteiger partial charge in [0.2, 0.25) is 5.36 Å². The molecule has 0 aromatic heterocycles. The molecule has 6 rings (SSSR count). The molecule has 9 nitrogen and oxygen atoms in total. The number of rotatable bonds is 2. The van der Waals surface area contributed by atoms with E-state index in [0.29, 0.717) is 5.56 Å². The molecule has 0 spiro atoms. The lowest BCUT2D eigenvalue weighted by molar-refractivity contribution is -2.00. The number of hydrogen-bond acceptors (Lipinski definition) is 7. The third kappa shape index (κ3) is 4.92. The number of aryl methyl sites for hydroxylation is 2. The molecule has 3 aromatic carbocycles. The van der Waals surface area contributed by atoms with Crippen LogP contribution in [-0.4, -0.2) is 24.2 Å². The average Bonchev–Trinajstić information content (AvgIpc) is 2.84. The Kier molecular flexibility index (Phi) is 6.42. The van der Waals surface area contributed by atoms with Crippen molar-refractivity contribution in [2.45, 2.75) is 25.7 Å². The van der Waals surface area contributed by atoms with Gasteiger partial charge in [0.25, 0.3) is 0 Å². The summed E-state index contributed by atoms with van der Waals surface area (Å²) in [5.41, 5.74) is 6.55. The maximum Gasteiger partial charge on any atom is 0.336 e. The van der Waals surface area contributed by atoms with Crippen LogP contribution in [0.25, 0.3) is 5.57 Å². The number of carboxylic acids is 1. The second kappa shape index (κ2) is 9.53. The highest BCUT2D eigenvalue weighted by atomic mass is 35.7. The molecule has 186 valence electrons. The fourth-order valence-corrected chi connectivity index (χ4v) is 5.00. The molecule has 3 aliphatic rings. The highest BCUT2D eigenvalue weighted by Crippen LogP contribution is 2.41. The first-order valence-electron chi connectivity index (χ1n) is 11.5. The Morgan fingerprint density at radius 2 is 1.69 bits per heavy atom. The molecule has 0 atom stereocenters. The summed E-state index contributed by atoms with van der Waals surface area (Å²) in [6, 6.07) is 15.8. The van der Waals surface area contributed by atoms with E-state index in [9.17, 15) is 9.90 Å².